The Bertz CT molecular complexity index is 251. The van der Waals surface area contributed by atoms with Crippen LogP contribution in [-0.4, -0.2) is 18.4 Å². The summed E-state index contributed by atoms with van der Waals surface area (Å²) in [6.07, 6.45) is 4.77. The molecule has 84 valence electrons. The van der Waals surface area contributed by atoms with Crippen molar-refractivity contribution in [3.05, 3.63) is 0 Å². The lowest BCUT2D eigenvalue weighted by Gasteiger charge is -2.25. The Hall–Kier alpha value is 0.300. The fourth-order valence-electron chi connectivity index (χ4n) is 2.37. The van der Waals surface area contributed by atoms with Gasteiger partial charge in [0.1, 0.15) is 10.7 Å². The molecule has 1 saturated carbocycles. The van der Waals surface area contributed by atoms with E-state index in [-0.39, 0.29) is 10.00 Å². The van der Waals surface area contributed by atoms with E-state index >= 15 is 0 Å². The van der Waals surface area contributed by atoms with Crippen molar-refractivity contribution in [2.24, 2.45) is 5.92 Å². The highest BCUT2D eigenvalue weighted by atomic mass is 32.2. The van der Waals surface area contributed by atoms with Crippen LogP contribution in [-0.2, 0) is 10.7 Å². The standard InChI is InChI=1S/C10H20O2S2/c1-3-8-4-5-9(14(11)12)7-10(2,13)6-8/h8-9,13-14H,3-7H2,1-2H3. The summed E-state index contributed by atoms with van der Waals surface area (Å²) in [6.45, 7) is 4.24. The van der Waals surface area contributed by atoms with Gasteiger partial charge in [-0.25, -0.2) is 8.42 Å². The van der Waals surface area contributed by atoms with Gasteiger partial charge in [-0.3, -0.25) is 0 Å². The second-order valence-corrected chi connectivity index (χ2v) is 7.08. The van der Waals surface area contributed by atoms with Crippen LogP contribution in [0.1, 0.15) is 46.0 Å². The van der Waals surface area contributed by atoms with Crippen molar-refractivity contribution >= 4 is 23.3 Å². The van der Waals surface area contributed by atoms with Crippen LogP contribution in [0.25, 0.3) is 0 Å². The molecule has 0 heterocycles. The number of hydrogen-bond acceptors (Lipinski definition) is 3. The average Bonchev–Trinajstić information content (AvgIpc) is 2.23. The molecule has 0 bridgehead atoms. The summed E-state index contributed by atoms with van der Waals surface area (Å²) < 4.78 is 21.9. The van der Waals surface area contributed by atoms with Gasteiger partial charge in [0.25, 0.3) is 0 Å². The Morgan fingerprint density at radius 2 is 2.00 bits per heavy atom. The van der Waals surface area contributed by atoms with E-state index < -0.39 is 10.7 Å². The van der Waals surface area contributed by atoms with E-state index in [9.17, 15) is 8.42 Å². The first-order chi connectivity index (χ1) is 6.44. The first-order valence-electron chi connectivity index (χ1n) is 5.30. The van der Waals surface area contributed by atoms with Crippen LogP contribution in [0.15, 0.2) is 0 Å². The van der Waals surface area contributed by atoms with Gasteiger partial charge >= 0.3 is 0 Å². The molecule has 0 aliphatic heterocycles. The van der Waals surface area contributed by atoms with Crippen LogP contribution in [0.3, 0.4) is 0 Å². The fraction of sp³-hybridized carbons (Fsp3) is 1.00. The van der Waals surface area contributed by atoms with Gasteiger partial charge in [-0.05, 0) is 31.6 Å². The molecule has 4 heteroatoms. The Kier molecular flexibility index (Phi) is 4.31. The predicted molar refractivity (Wildman–Crippen MR) is 63.7 cm³/mol. The first-order valence-corrected chi connectivity index (χ1v) is 7.00. The molecule has 1 aliphatic carbocycles. The average molecular weight is 236 g/mol. The molecule has 0 amide bonds. The van der Waals surface area contributed by atoms with Gasteiger partial charge in [0.2, 0.25) is 0 Å². The predicted octanol–water partition coefficient (Wildman–Crippen LogP) is 2.26. The molecule has 0 saturated heterocycles. The van der Waals surface area contributed by atoms with Crippen molar-refractivity contribution in [1.29, 1.82) is 0 Å². The van der Waals surface area contributed by atoms with E-state index in [1.165, 1.54) is 0 Å². The summed E-state index contributed by atoms with van der Waals surface area (Å²) in [5.41, 5.74) is 0. The van der Waals surface area contributed by atoms with Gasteiger partial charge in [-0.1, -0.05) is 20.3 Å². The third-order valence-electron chi connectivity index (χ3n) is 3.19. The van der Waals surface area contributed by atoms with Gasteiger partial charge in [0.15, 0.2) is 0 Å². The molecule has 0 aromatic carbocycles. The molecule has 0 radical (unpaired) electrons. The van der Waals surface area contributed by atoms with Gasteiger partial charge in [-0.15, -0.1) is 0 Å². The molecule has 1 rings (SSSR count). The molecule has 3 unspecified atom stereocenters. The molecular weight excluding hydrogens is 216 g/mol. The minimum atomic E-state index is -2.27. The zero-order valence-electron chi connectivity index (χ0n) is 8.90. The van der Waals surface area contributed by atoms with Crippen LogP contribution in [0.2, 0.25) is 0 Å². The van der Waals surface area contributed by atoms with Gasteiger partial charge in [0, 0.05) is 4.75 Å². The van der Waals surface area contributed by atoms with E-state index in [0.717, 1.165) is 25.7 Å². The van der Waals surface area contributed by atoms with Crippen LogP contribution in [0, 0.1) is 5.92 Å². The molecule has 2 nitrogen and oxygen atoms in total. The van der Waals surface area contributed by atoms with Crippen molar-refractivity contribution in [2.45, 2.75) is 55.9 Å². The lowest BCUT2D eigenvalue weighted by Crippen LogP contribution is -2.24. The molecular formula is C10H20O2S2. The molecule has 1 fully saturated rings. The van der Waals surface area contributed by atoms with Gasteiger partial charge in [0.05, 0.1) is 5.25 Å². The maximum atomic E-state index is 11.0. The van der Waals surface area contributed by atoms with Crippen molar-refractivity contribution in [1.82, 2.24) is 0 Å². The van der Waals surface area contributed by atoms with Crippen LogP contribution < -0.4 is 0 Å². The van der Waals surface area contributed by atoms with E-state index in [4.69, 9.17) is 0 Å². The SMILES string of the molecule is CCC1CCC([SH](=O)=O)CC(C)(S)C1. The number of rotatable bonds is 2. The third kappa shape index (κ3) is 3.46. The molecule has 0 aromatic heterocycles. The Balaban J connectivity index is 2.73. The van der Waals surface area contributed by atoms with Gasteiger partial charge in [-0.2, -0.15) is 12.6 Å². The highest BCUT2D eigenvalue weighted by molar-refractivity contribution is 7.81. The molecule has 0 spiro atoms. The number of thiol groups is 2. The second-order valence-electron chi connectivity index (χ2n) is 4.70. The molecule has 14 heavy (non-hydrogen) atoms. The minimum absolute atomic E-state index is 0.1000. The maximum absolute atomic E-state index is 11.0. The number of hydrogen-bond donors (Lipinski definition) is 2. The zero-order chi connectivity index (χ0) is 10.8. The summed E-state index contributed by atoms with van der Waals surface area (Å²) >= 11 is 4.59. The minimum Gasteiger partial charge on any atom is -0.232 e. The second kappa shape index (κ2) is 4.88. The monoisotopic (exact) mass is 236 g/mol. The van der Waals surface area contributed by atoms with Crippen molar-refractivity contribution in [3.63, 3.8) is 0 Å². The quantitative estimate of drug-likeness (QED) is 0.569. The largest absolute Gasteiger partial charge is 0.232 e. The summed E-state index contributed by atoms with van der Waals surface area (Å²) in [5.74, 6) is 0.650. The van der Waals surface area contributed by atoms with Crippen molar-refractivity contribution in [2.75, 3.05) is 0 Å². The van der Waals surface area contributed by atoms with E-state index in [1.54, 1.807) is 0 Å². The Morgan fingerprint density at radius 3 is 2.50 bits per heavy atom. The smallest absolute Gasteiger partial charge is 0.143 e. The molecule has 3 atom stereocenters. The third-order valence-corrected chi connectivity index (χ3v) is 4.59. The fourth-order valence-corrected chi connectivity index (χ4v) is 3.91. The topological polar surface area (TPSA) is 34.1 Å². The summed E-state index contributed by atoms with van der Waals surface area (Å²) in [7, 11) is -2.27. The van der Waals surface area contributed by atoms with E-state index in [0.29, 0.717) is 12.3 Å². The normalized spacial score (nSPS) is 39.7. The Labute approximate surface area is 93.8 Å². The van der Waals surface area contributed by atoms with Crippen molar-refractivity contribution in [3.8, 4) is 0 Å². The maximum Gasteiger partial charge on any atom is 0.143 e. The zero-order valence-corrected chi connectivity index (χ0v) is 10.7. The van der Waals surface area contributed by atoms with Crippen LogP contribution in [0.5, 0.6) is 0 Å². The molecule has 1 aliphatic rings. The van der Waals surface area contributed by atoms with Crippen molar-refractivity contribution < 1.29 is 8.42 Å². The highest BCUT2D eigenvalue weighted by Crippen LogP contribution is 2.37. The summed E-state index contributed by atoms with van der Waals surface area (Å²) in [6, 6.07) is 0. The molecule has 0 N–H and O–H groups in total. The van der Waals surface area contributed by atoms with Crippen LogP contribution in [0.4, 0.5) is 0 Å². The lowest BCUT2D eigenvalue weighted by molar-refractivity contribution is 0.412. The van der Waals surface area contributed by atoms with E-state index in [1.807, 2.05) is 0 Å². The van der Waals surface area contributed by atoms with E-state index in [2.05, 4.69) is 26.5 Å². The summed E-state index contributed by atoms with van der Waals surface area (Å²) in [4.78, 5) is 0. The first kappa shape index (κ1) is 12.4. The van der Waals surface area contributed by atoms with Gasteiger partial charge < -0.3 is 0 Å². The lowest BCUT2D eigenvalue weighted by atomic mass is 9.92. The Morgan fingerprint density at radius 1 is 1.36 bits per heavy atom. The summed E-state index contributed by atoms with van der Waals surface area (Å²) in [5, 5.41) is -0.149. The highest BCUT2D eigenvalue weighted by Gasteiger charge is 2.32. The van der Waals surface area contributed by atoms with Crippen LogP contribution >= 0.6 is 12.6 Å². The molecule has 0 aromatic rings.